The summed E-state index contributed by atoms with van der Waals surface area (Å²) >= 11 is 7.19. The van der Waals surface area contributed by atoms with Crippen molar-refractivity contribution in [3.63, 3.8) is 0 Å². The molecule has 1 N–H and O–H groups in total. The summed E-state index contributed by atoms with van der Waals surface area (Å²) in [6.07, 6.45) is 0. The first-order chi connectivity index (χ1) is 11.5. The number of nitrogens with one attached hydrogen (secondary N) is 1. The second-order valence-corrected chi connectivity index (χ2v) is 6.56. The van der Waals surface area contributed by atoms with Gasteiger partial charge < -0.3 is 10.1 Å². The van der Waals surface area contributed by atoms with Crippen molar-refractivity contribution in [1.82, 2.24) is 14.1 Å². The first-order valence-electron chi connectivity index (χ1n) is 7.33. The summed E-state index contributed by atoms with van der Waals surface area (Å²) in [5.41, 5.74) is 2.28. The molecule has 0 saturated heterocycles. The molecule has 1 atom stereocenters. The molecule has 3 aromatic rings. The van der Waals surface area contributed by atoms with Gasteiger partial charge in [0.25, 0.3) is 5.91 Å². The van der Waals surface area contributed by atoms with E-state index in [9.17, 15) is 4.79 Å². The molecule has 3 rings (SSSR count). The van der Waals surface area contributed by atoms with Crippen molar-refractivity contribution in [3.05, 3.63) is 58.6 Å². The molecule has 0 unspecified atom stereocenters. The Bertz CT molecular complexity index is 883. The van der Waals surface area contributed by atoms with E-state index < -0.39 is 5.60 Å². The SMILES string of the molecule is CO[C@@](C)(CNC(=O)c1ccc2nsnc2c1)c1cccc(Cl)c1. The molecule has 124 valence electrons. The molecule has 1 amide bonds. The normalized spacial score (nSPS) is 13.6. The van der Waals surface area contributed by atoms with Crippen molar-refractivity contribution in [1.29, 1.82) is 0 Å². The Kier molecular flexibility index (Phi) is 4.80. The van der Waals surface area contributed by atoms with Crippen LogP contribution < -0.4 is 5.32 Å². The van der Waals surface area contributed by atoms with Gasteiger partial charge in [0, 0.05) is 17.7 Å². The lowest BCUT2D eigenvalue weighted by molar-refractivity contribution is 0.00315. The largest absolute Gasteiger partial charge is 0.372 e. The van der Waals surface area contributed by atoms with Gasteiger partial charge in [-0.05, 0) is 42.8 Å². The van der Waals surface area contributed by atoms with Crippen molar-refractivity contribution >= 4 is 40.3 Å². The zero-order valence-corrected chi connectivity index (χ0v) is 14.8. The fourth-order valence-electron chi connectivity index (χ4n) is 2.38. The lowest BCUT2D eigenvalue weighted by Gasteiger charge is -2.29. The third-order valence-corrected chi connectivity index (χ3v) is 4.78. The minimum Gasteiger partial charge on any atom is -0.372 e. The van der Waals surface area contributed by atoms with Crippen LogP contribution in [0.2, 0.25) is 5.02 Å². The first-order valence-corrected chi connectivity index (χ1v) is 8.44. The number of amides is 1. The average molecular weight is 362 g/mol. The molecule has 0 saturated carbocycles. The lowest BCUT2D eigenvalue weighted by Crippen LogP contribution is -2.40. The molecule has 5 nitrogen and oxygen atoms in total. The molecule has 0 aliphatic rings. The molecule has 0 radical (unpaired) electrons. The van der Waals surface area contributed by atoms with Gasteiger partial charge in [0.05, 0.1) is 18.3 Å². The Balaban J connectivity index is 1.76. The van der Waals surface area contributed by atoms with Crippen LogP contribution in [0.3, 0.4) is 0 Å². The van der Waals surface area contributed by atoms with Gasteiger partial charge in [-0.2, -0.15) is 8.75 Å². The Morgan fingerprint density at radius 3 is 2.79 bits per heavy atom. The molecule has 0 bridgehead atoms. The van der Waals surface area contributed by atoms with Gasteiger partial charge >= 0.3 is 0 Å². The second-order valence-electron chi connectivity index (χ2n) is 5.60. The minimum absolute atomic E-state index is 0.185. The molecule has 0 spiro atoms. The van der Waals surface area contributed by atoms with E-state index in [4.69, 9.17) is 16.3 Å². The number of ether oxygens (including phenoxy) is 1. The van der Waals surface area contributed by atoms with Gasteiger partial charge in [0.2, 0.25) is 0 Å². The second kappa shape index (κ2) is 6.84. The van der Waals surface area contributed by atoms with E-state index in [2.05, 4.69) is 14.1 Å². The molecule has 0 aliphatic heterocycles. The average Bonchev–Trinajstić information content (AvgIpc) is 3.07. The van der Waals surface area contributed by atoms with Crippen LogP contribution in [0.4, 0.5) is 0 Å². The first kappa shape index (κ1) is 16.8. The predicted octanol–water partition coefficient (Wildman–Crippen LogP) is 3.64. The topological polar surface area (TPSA) is 64.1 Å². The minimum atomic E-state index is -0.674. The number of benzene rings is 2. The van der Waals surface area contributed by atoms with E-state index in [0.29, 0.717) is 17.1 Å². The summed E-state index contributed by atoms with van der Waals surface area (Å²) in [5, 5.41) is 3.54. The van der Waals surface area contributed by atoms with Crippen LogP contribution in [-0.2, 0) is 10.3 Å². The van der Waals surface area contributed by atoms with Gasteiger partial charge in [0.1, 0.15) is 16.6 Å². The molecule has 0 aliphatic carbocycles. The number of nitrogens with zero attached hydrogens (tertiary/aromatic N) is 2. The highest BCUT2D eigenvalue weighted by Gasteiger charge is 2.27. The maximum atomic E-state index is 12.4. The maximum absolute atomic E-state index is 12.4. The lowest BCUT2D eigenvalue weighted by atomic mass is 9.95. The van der Waals surface area contributed by atoms with E-state index >= 15 is 0 Å². The van der Waals surface area contributed by atoms with Crippen LogP contribution in [0.5, 0.6) is 0 Å². The molecular formula is C17H16ClN3O2S. The summed E-state index contributed by atoms with van der Waals surface area (Å²) in [7, 11) is 1.61. The van der Waals surface area contributed by atoms with Crippen LogP contribution in [0.25, 0.3) is 11.0 Å². The zero-order valence-electron chi connectivity index (χ0n) is 13.2. The Labute approximate surface area is 148 Å². The fraction of sp³-hybridized carbons (Fsp3) is 0.235. The van der Waals surface area contributed by atoms with Crippen LogP contribution >= 0.6 is 23.3 Å². The van der Waals surface area contributed by atoms with Crippen molar-refractivity contribution in [3.8, 4) is 0 Å². The number of fused-ring (bicyclic) bond motifs is 1. The van der Waals surface area contributed by atoms with E-state index in [-0.39, 0.29) is 5.91 Å². The molecular weight excluding hydrogens is 346 g/mol. The summed E-state index contributed by atoms with van der Waals surface area (Å²) in [5.74, 6) is -0.185. The van der Waals surface area contributed by atoms with Crippen LogP contribution in [0, 0.1) is 0 Å². The monoisotopic (exact) mass is 361 g/mol. The van der Waals surface area contributed by atoms with Crippen molar-refractivity contribution in [2.24, 2.45) is 0 Å². The fourth-order valence-corrected chi connectivity index (χ4v) is 3.09. The standard InChI is InChI=1S/C17H16ClN3O2S/c1-17(23-2,12-4-3-5-13(18)9-12)10-19-16(22)11-6-7-14-15(8-11)21-24-20-14/h3-9H,10H2,1-2H3,(H,19,22)/t17-/m0/s1. The third-order valence-electron chi connectivity index (χ3n) is 3.99. The number of rotatable bonds is 5. The van der Waals surface area contributed by atoms with Gasteiger partial charge in [-0.1, -0.05) is 23.7 Å². The van der Waals surface area contributed by atoms with Crippen LogP contribution in [0.1, 0.15) is 22.8 Å². The Hall–Kier alpha value is -2.02. The highest BCUT2D eigenvalue weighted by molar-refractivity contribution is 7.00. The zero-order chi connectivity index (χ0) is 17.2. The summed E-state index contributed by atoms with van der Waals surface area (Å²) in [6, 6.07) is 12.7. The Morgan fingerprint density at radius 1 is 1.25 bits per heavy atom. The number of aromatic nitrogens is 2. The maximum Gasteiger partial charge on any atom is 0.251 e. The summed E-state index contributed by atoms with van der Waals surface area (Å²) < 4.78 is 13.9. The molecule has 7 heteroatoms. The Morgan fingerprint density at radius 2 is 2.04 bits per heavy atom. The van der Waals surface area contributed by atoms with Crippen molar-refractivity contribution < 1.29 is 9.53 Å². The third kappa shape index (κ3) is 3.40. The van der Waals surface area contributed by atoms with Crippen molar-refractivity contribution in [2.75, 3.05) is 13.7 Å². The van der Waals surface area contributed by atoms with Gasteiger partial charge in [0.15, 0.2) is 0 Å². The number of halogens is 1. The molecule has 1 heterocycles. The number of hydrogen-bond acceptors (Lipinski definition) is 5. The number of hydrogen-bond donors (Lipinski definition) is 1. The molecule has 0 fully saturated rings. The predicted molar refractivity (Wildman–Crippen MR) is 95.6 cm³/mol. The molecule has 2 aromatic carbocycles. The summed E-state index contributed by atoms with van der Waals surface area (Å²) in [4.78, 5) is 12.4. The van der Waals surface area contributed by atoms with E-state index in [1.54, 1.807) is 31.4 Å². The smallest absolute Gasteiger partial charge is 0.251 e. The number of carbonyl (C=O) groups is 1. The molecule has 24 heavy (non-hydrogen) atoms. The highest BCUT2D eigenvalue weighted by atomic mass is 35.5. The van der Waals surface area contributed by atoms with Crippen molar-refractivity contribution in [2.45, 2.75) is 12.5 Å². The number of carbonyl (C=O) groups excluding carboxylic acids is 1. The van der Waals surface area contributed by atoms with Gasteiger partial charge in [-0.25, -0.2) is 0 Å². The van der Waals surface area contributed by atoms with Gasteiger partial charge in [-0.3, -0.25) is 4.79 Å². The molecule has 1 aromatic heterocycles. The van der Waals surface area contributed by atoms with E-state index in [1.165, 1.54) is 0 Å². The summed E-state index contributed by atoms with van der Waals surface area (Å²) in [6.45, 7) is 2.22. The van der Waals surface area contributed by atoms with Gasteiger partial charge in [-0.15, -0.1) is 0 Å². The van der Waals surface area contributed by atoms with Crippen LogP contribution in [-0.4, -0.2) is 28.3 Å². The van der Waals surface area contributed by atoms with Crippen LogP contribution in [0.15, 0.2) is 42.5 Å². The highest BCUT2D eigenvalue weighted by Crippen LogP contribution is 2.26. The van der Waals surface area contributed by atoms with E-state index in [0.717, 1.165) is 28.3 Å². The van der Waals surface area contributed by atoms with E-state index in [1.807, 2.05) is 25.1 Å². The quantitative estimate of drug-likeness (QED) is 0.753. The number of methoxy groups -OCH3 is 1.